The zero-order chi connectivity index (χ0) is 19.5. The van der Waals surface area contributed by atoms with Gasteiger partial charge in [-0.3, -0.25) is 9.59 Å². The number of amides is 1. The molecule has 26 heavy (non-hydrogen) atoms. The Bertz CT molecular complexity index is 753. The molecule has 0 atom stereocenters. The first kappa shape index (κ1) is 21.0. The number of likely N-dealkylation sites (N-methyl/N-ethyl adjacent to an activating group) is 1. The number of aliphatic hydroxyl groups is 1. The summed E-state index contributed by atoms with van der Waals surface area (Å²) in [4.78, 5) is 30.3. The van der Waals surface area contributed by atoms with Crippen molar-refractivity contribution >= 4 is 11.9 Å². The third-order valence-electron chi connectivity index (χ3n) is 2.89. The maximum Gasteiger partial charge on any atom is 0.329 e. The molecule has 0 fully saturated rings. The monoisotopic (exact) mass is 365 g/mol. The number of hydroxylamine groups is 1. The van der Waals surface area contributed by atoms with Crippen LogP contribution >= 0.6 is 0 Å². The number of pyridine rings is 1. The van der Waals surface area contributed by atoms with Gasteiger partial charge in [0.2, 0.25) is 0 Å². The predicted molar refractivity (Wildman–Crippen MR) is 91.5 cm³/mol. The van der Waals surface area contributed by atoms with Gasteiger partial charge in [0.15, 0.2) is 5.69 Å². The summed E-state index contributed by atoms with van der Waals surface area (Å²) < 4.78 is 13.1. The summed E-state index contributed by atoms with van der Waals surface area (Å²) in [5.41, 5.74) is 2.47. The lowest BCUT2D eigenvalue weighted by Crippen LogP contribution is -2.26. The first-order valence-electron chi connectivity index (χ1n) is 7.57. The van der Waals surface area contributed by atoms with Crippen molar-refractivity contribution in [1.82, 2.24) is 15.8 Å². The number of hydrogen-bond donors (Lipinski definition) is 4. The summed E-state index contributed by atoms with van der Waals surface area (Å²) in [5, 5.41) is 20.6. The minimum absolute atomic E-state index is 0.233. The number of halogens is 1. The topological polar surface area (TPSA) is 121 Å². The highest BCUT2D eigenvalue weighted by atomic mass is 19.1. The van der Waals surface area contributed by atoms with Crippen molar-refractivity contribution in [2.45, 2.75) is 6.92 Å². The summed E-state index contributed by atoms with van der Waals surface area (Å²) in [6.45, 7) is 2.04. The molecule has 0 spiro atoms. The van der Waals surface area contributed by atoms with E-state index in [9.17, 15) is 19.1 Å². The largest absolute Gasteiger partial charge is 0.505 e. The molecule has 140 valence electrons. The Morgan fingerprint density at radius 1 is 1.27 bits per heavy atom. The average molecular weight is 365 g/mol. The first-order valence-corrected chi connectivity index (χ1v) is 7.57. The maximum absolute atomic E-state index is 13.1. The fourth-order valence-electron chi connectivity index (χ4n) is 1.73. The van der Waals surface area contributed by atoms with Crippen LogP contribution in [-0.4, -0.2) is 47.3 Å². The molecule has 1 heterocycles. The van der Waals surface area contributed by atoms with Crippen LogP contribution < -0.4 is 10.8 Å². The maximum atomic E-state index is 13.1. The second-order valence-corrected chi connectivity index (χ2v) is 4.95. The van der Waals surface area contributed by atoms with Crippen molar-refractivity contribution in [3.63, 3.8) is 0 Å². The number of hydrogen-bond acceptors (Lipinski definition) is 7. The predicted octanol–water partition coefficient (Wildman–Crippen LogP) is 0.999. The molecule has 1 amide bonds. The number of aliphatic hydroxyl groups excluding tert-OH is 1. The van der Waals surface area contributed by atoms with Crippen LogP contribution in [0.15, 0.2) is 36.5 Å². The highest BCUT2D eigenvalue weighted by Gasteiger charge is 2.15. The number of rotatable bonds is 4. The molecule has 4 N–H and O–H groups in total. The van der Waals surface area contributed by atoms with Crippen LogP contribution in [0.5, 0.6) is 5.75 Å². The van der Waals surface area contributed by atoms with E-state index in [-0.39, 0.29) is 12.3 Å². The van der Waals surface area contributed by atoms with Crippen molar-refractivity contribution in [1.29, 1.82) is 0 Å². The van der Waals surface area contributed by atoms with Gasteiger partial charge in [-0.25, -0.2) is 9.37 Å². The molecule has 0 aliphatic heterocycles. The molecule has 8 nitrogen and oxygen atoms in total. The van der Waals surface area contributed by atoms with Gasteiger partial charge in [0.1, 0.15) is 11.6 Å². The van der Waals surface area contributed by atoms with Gasteiger partial charge in [0.05, 0.1) is 6.61 Å². The van der Waals surface area contributed by atoms with Gasteiger partial charge in [-0.15, -0.1) is 0 Å². The van der Waals surface area contributed by atoms with Crippen LogP contribution in [0.25, 0.3) is 11.1 Å². The van der Waals surface area contributed by atoms with Crippen molar-refractivity contribution in [3.8, 4) is 16.9 Å². The molecular weight excluding hydrogens is 345 g/mol. The van der Waals surface area contributed by atoms with Crippen LogP contribution in [-0.2, 0) is 9.63 Å². The Labute approximate surface area is 149 Å². The van der Waals surface area contributed by atoms with Gasteiger partial charge >= 0.3 is 11.9 Å². The lowest BCUT2D eigenvalue weighted by atomic mass is 10.1. The van der Waals surface area contributed by atoms with Gasteiger partial charge in [-0.1, -0.05) is 12.1 Å². The van der Waals surface area contributed by atoms with Gasteiger partial charge in [0, 0.05) is 25.2 Å². The minimum Gasteiger partial charge on any atom is -0.505 e. The van der Waals surface area contributed by atoms with Crippen LogP contribution in [0, 0.1) is 5.82 Å². The Kier molecular flexibility index (Phi) is 8.68. The Morgan fingerprint density at radius 3 is 2.50 bits per heavy atom. The van der Waals surface area contributed by atoms with Crippen molar-refractivity contribution in [3.05, 3.63) is 48.0 Å². The second-order valence-electron chi connectivity index (χ2n) is 4.95. The van der Waals surface area contributed by atoms with E-state index in [4.69, 9.17) is 5.11 Å². The molecule has 0 radical (unpaired) electrons. The summed E-state index contributed by atoms with van der Waals surface area (Å²) >= 11 is 0. The van der Waals surface area contributed by atoms with Gasteiger partial charge in [-0.2, -0.15) is 5.48 Å². The summed E-state index contributed by atoms with van der Waals surface area (Å²) in [7, 11) is 1.80. The first-order chi connectivity index (χ1) is 12.4. The van der Waals surface area contributed by atoms with Crippen LogP contribution in [0.1, 0.15) is 17.4 Å². The van der Waals surface area contributed by atoms with E-state index in [1.54, 1.807) is 13.1 Å². The van der Waals surface area contributed by atoms with Gasteiger partial charge < -0.3 is 20.4 Å². The molecule has 1 aromatic heterocycles. The lowest BCUT2D eigenvalue weighted by Gasteiger charge is -2.07. The average Bonchev–Trinajstić information content (AvgIpc) is 2.61. The highest BCUT2D eigenvalue weighted by Crippen LogP contribution is 2.25. The number of nitrogens with zero attached hydrogens (tertiary/aromatic N) is 1. The van der Waals surface area contributed by atoms with Crippen LogP contribution in [0.3, 0.4) is 0 Å². The van der Waals surface area contributed by atoms with Crippen molar-refractivity contribution in [2.24, 2.45) is 0 Å². The molecule has 0 aliphatic rings. The molecule has 2 aromatic rings. The Balaban J connectivity index is 0.000000597. The van der Waals surface area contributed by atoms with Crippen LogP contribution in [0.4, 0.5) is 4.39 Å². The summed E-state index contributed by atoms with van der Waals surface area (Å²) in [6.07, 6.45) is 1.30. The standard InChI is InChI=1S/C14H11FN2O4.C3H9NO/c1-8(18)21-17-14(20)13-12(19)6-10(7-16-13)9-3-2-4-11(15)5-9;1-4-2-3-5/h2-7,19H,1H3,(H,17,20);4-5H,2-3H2,1H3. The highest BCUT2D eigenvalue weighted by molar-refractivity contribution is 5.95. The summed E-state index contributed by atoms with van der Waals surface area (Å²) in [6, 6.07) is 6.98. The van der Waals surface area contributed by atoms with Gasteiger partial charge in [-0.05, 0) is 30.8 Å². The molecule has 0 aliphatic carbocycles. The zero-order valence-corrected chi connectivity index (χ0v) is 14.3. The number of carbonyl (C=O) groups excluding carboxylic acids is 2. The normalized spacial score (nSPS) is 9.69. The number of nitrogens with one attached hydrogen (secondary N) is 2. The van der Waals surface area contributed by atoms with E-state index in [2.05, 4.69) is 15.1 Å². The molecule has 2 rings (SSSR count). The SMILES string of the molecule is CC(=O)ONC(=O)c1ncc(-c2cccc(F)c2)cc1O.CNCCO. The lowest BCUT2D eigenvalue weighted by molar-refractivity contribution is -0.146. The zero-order valence-electron chi connectivity index (χ0n) is 14.3. The molecule has 1 aromatic carbocycles. The van der Waals surface area contributed by atoms with E-state index in [1.807, 2.05) is 5.48 Å². The van der Waals surface area contributed by atoms with E-state index in [0.717, 1.165) is 6.92 Å². The van der Waals surface area contributed by atoms with E-state index in [0.29, 0.717) is 17.7 Å². The smallest absolute Gasteiger partial charge is 0.329 e. The molecule has 0 saturated heterocycles. The molecule has 9 heteroatoms. The Hall–Kier alpha value is -3.04. The molecule has 0 unspecified atom stereocenters. The quantitative estimate of drug-likeness (QED) is 0.597. The van der Waals surface area contributed by atoms with E-state index < -0.39 is 23.4 Å². The number of aromatic hydroxyl groups is 1. The number of benzene rings is 1. The van der Waals surface area contributed by atoms with Crippen LogP contribution in [0.2, 0.25) is 0 Å². The van der Waals surface area contributed by atoms with Crippen molar-refractivity contribution in [2.75, 3.05) is 20.2 Å². The van der Waals surface area contributed by atoms with E-state index >= 15 is 0 Å². The van der Waals surface area contributed by atoms with E-state index in [1.165, 1.54) is 30.5 Å². The fourth-order valence-corrected chi connectivity index (χ4v) is 1.73. The number of carbonyl (C=O) groups is 2. The third-order valence-corrected chi connectivity index (χ3v) is 2.89. The molecule has 0 saturated carbocycles. The molecule has 0 bridgehead atoms. The summed E-state index contributed by atoms with van der Waals surface area (Å²) in [5.74, 6) is -2.42. The molecular formula is C17H20FN3O5. The fraction of sp³-hybridized carbons (Fsp3) is 0.235. The van der Waals surface area contributed by atoms with Gasteiger partial charge in [0.25, 0.3) is 0 Å². The third kappa shape index (κ3) is 6.83. The minimum atomic E-state index is -0.867. The van der Waals surface area contributed by atoms with Crippen molar-refractivity contribution < 1.29 is 29.0 Å². The number of aromatic nitrogens is 1. The Morgan fingerprint density at radius 2 is 2.00 bits per heavy atom. The second kappa shape index (κ2) is 10.7.